The van der Waals surface area contributed by atoms with Crippen LogP contribution >= 0.6 is 0 Å². The van der Waals surface area contributed by atoms with Crippen molar-refractivity contribution >= 4 is 0 Å². The molecule has 1 atom stereocenters. The van der Waals surface area contributed by atoms with E-state index in [4.69, 9.17) is 10.5 Å². The third-order valence-corrected chi connectivity index (χ3v) is 3.79. The predicted molar refractivity (Wildman–Crippen MR) is 80.5 cm³/mol. The highest BCUT2D eigenvalue weighted by molar-refractivity contribution is 4.88. The van der Waals surface area contributed by atoms with Crippen molar-refractivity contribution in [2.45, 2.75) is 39.1 Å². The minimum Gasteiger partial charge on any atom is -0.374 e. The fraction of sp³-hybridized carbons (Fsp3) is 0.714. The first-order valence-electron chi connectivity index (χ1n) is 7.39. The third-order valence-electron chi connectivity index (χ3n) is 3.79. The van der Waals surface area contributed by atoms with Crippen molar-refractivity contribution < 1.29 is 4.74 Å². The summed E-state index contributed by atoms with van der Waals surface area (Å²) in [6.45, 7) is 7.62. The van der Waals surface area contributed by atoms with Gasteiger partial charge in [0.05, 0.1) is 19.3 Å². The minimum atomic E-state index is -0.321. The summed E-state index contributed by atoms with van der Waals surface area (Å²) in [5, 5.41) is 0. The van der Waals surface area contributed by atoms with E-state index in [2.05, 4.69) is 18.7 Å². The molecule has 0 bridgehead atoms. The van der Waals surface area contributed by atoms with Crippen LogP contribution in [0.3, 0.4) is 0 Å². The lowest BCUT2D eigenvalue weighted by molar-refractivity contribution is -0.0462. The number of nitrogens with two attached hydrogens (primary N) is 1. The van der Waals surface area contributed by atoms with Crippen LogP contribution < -0.4 is 17.0 Å². The molecule has 2 heterocycles. The molecule has 118 valence electrons. The Morgan fingerprint density at radius 3 is 2.86 bits per heavy atom. The summed E-state index contributed by atoms with van der Waals surface area (Å²) < 4.78 is 8.44. The second-order valence-electron chi connectivity index (χ2n) is 5.61. The molecule has 1 aliphatic rings. The highest BCUT2D eigenvalue weighted by Gasteiger charge is 2.23. The van der Waals surface area contributed by atoms with E-state index >= 15 is 0 Å². The van der Waals surface area contributed by atoms with Crippen molar-refractivity contribution in [2.75, 3.05) is 26.2 Å². The second-order valence-corrected chi connectivity index (χ2v) is 5.61. The summed E-state index contributed by atoms with van der Waals surface area (Å²) >= 11 is 0. The molecule has 7 heteroatoms. The SMILES string of the molecule is CC(C)N1CCOC(Cn2ccc(=O)n(CCN)c2=O)C1. The number of hydrogen-bond donors (Lipinski definition) is 1. The van der Waals surface area contributed by atoms with Gasteiger partial charge in [0.15, 0.2) is 0 Å². The normalized spacial score (nSPS) is 20.1. The first-order chi connectivity index (χ1) is 10.0. The Morgan fingerprint density at radius 1 is 1.43 bits per heavy atom. The number of nitrogens with zero attached hydrogens (tertiary/aromatic N) is 3. The average Bonchev–Trinajstić information content (AvgIpc) is 2.47. The number of ether oxygens (including phenoxy) is 1. The van der Waals surface area contributed by atoms with Crippen LogP contribution in [-0.4, -0.2) is 52.4 Å². The first-order valence-corrected chi connectivity index (χ1v) is 7.39. The molecule has 1 aromatic heterocycles. The fourth-order valence-electron chi connectivity index (χ4n) is 2.57. The lowest BCUT2D eigenvalue weighted by Crippen LogP contribution is -2.49. The Balaban J connectivity index is 2.14. The number of hydrogen-bond acceptors (Lipinski definition) is 5. The van der Waals surface area contributed by atoms with Crippen LogP contribution in [0, 0.1) is 0 Å². The predicted octanol–water partition coefficient (Wildman–Crippen LogP) is -0.922. The second kappa shape index (κ2) is 7.02. The van der Waals surface area contributed by atoms with Crippen molar-refractivity contribution in [3.8, 4) is 0 Å². The van der Waals surface area contributed by atoms with Crippen LogP contribution in [0.1, 0.15) is 13.8 Å². The van der Waals surface area contributed by atoms with Crippen molar-refractivity contribution in [3.05, 3.63) is 33.1 Å². The van der Waals surface area contributed by atoms with E-state index in [0.717, 1.165) is 13.1 Å². The van der Waals surface area contributed by atoms with E-state index in [9.17, 15) is 9.59 Å². The quantitative estimate of drug-likeness (QED) is 0.760. The third kappa shape index (κ3) is 3.81. The zero-order chi connectivity index (χ0) is 15.4. The summed E-state index contributed by atoms with van der Waals surface area (Å²) in [6.07, 6.45) is 1.50. The van der Waals surface area contributed by atoms with Gasteiger partial charge >= 0.3 is 5.69 Å². The average molecular weight is 296 g/mol. The molecule has 0 radical (unpaired) electrons. The van der Waals surface area contributed by atoms with Crippen LogP contribution in [0.15, 0.2) is 21.9 Å². The van der Waals surface area contributed by atoms with Crippen molar-refractivity contribution in [1.29, 1.82) is 0 Å². The lowest BCUT2D eigenvalue weighted by Gasteiger charge is -2.35. The Hall–Kier alpha value is -1.44. The van der Waals surface area contributed by atoms with Crippen molar-refractivity contribution in [1.82, 2.24) is 14.0 Å². The molecule has 1 unspecified atom stereocenters. The number of aromatic nitrogens is 2. The van der Waals surface area contributed by atoms with Gasteiger partial charge in [-0.3, -0.25) is 18.8 Å². The lowest BCUT2D eigenvalue weighted by atomic mass is 10.2. The van der Waals surface area contributed by atoms with Gasteiger partial charge in [-0.1, -0.05) is 0 Å². The van der Waals surface area contributed by atoms with Crippen LogP contribution in [0.4, 0.5) is 0 Å². The molecule has 0 aromatic carbocycles. The molecule has 0 spiro atoms. The minimum absolute atomic E-state index is 0.0392. The van der Waals surface area contributed by atoms with Crippen LogP contribution in [0.5, 0.6) is 0 Å². The van der Waals surface area contributed by atoms with Gasteiger partial charge in [0.25, 0.3) is 5.56 Å². The molecule has 21 heavy (non-hydrogen) atoms. The maximum Gasteiger partial charge on any atom is 0.331 e. The molecule has 0 aliphatic carbocycles. The summed E-state index contributed by atoms with van der Waals surface area (Å²) in [5.41, 5.74) is 4.81. The Kier molecular flexibility index (Phi) is 5.33. The molecule has 1 aromatic rings. The molecule has 1 saturated heterocycles. The summed E-state index contributed by atoms with van der Waals surface area (Å²) in [4.78, 5) is 26.3. The highest BCUT2D eigenvalue weighted by Crippen LogP contribution is 2.09. The van der Waals surface area contributed by atoms with E-state index < -0.39 is 0 Å². The zero-order valence-electron chi connectivity index (χ0n) is 12.7. The first kappa shape index (κ1) is 15.9. The zero-order valence-corrected chi connectivity index (χ0v) is 12.7. The molecular weight excluding hydrogens is 272 g/mol. The van der Waals surface area contributed by atoms with E-state index in [-0.39, 0.29) is 30.4 Å². The molecular formula is C14H24N4O3. The topological polar surface area (TPSA) is 82.5 Å². The largest absolute Gasteiger partial charge is 0.374 e. The van der Waals surface area contributed by atoms with E-state index in [1.54, 1.807) is 0 Å². The van der Waals surface area contributed by atoms with Crippen molar-refractivity contribution in [2.24, 2.45) is 5.73 Å². The van der Waals surface area contributed by atoms with E-state index in [1.807, 2.05) is 0 Å². The summed E-state index contributed by atoms with van der Waals surface area (Å²) in [7, 11) is 0. The van der Waals surface area contributed by atoms with Crippen LogP contribution in [0.2, 0.25) is 0 Å². The molecule has 2 rings (SSSR count). The van der Waals surface area contributed by atoms with Gasteiger partial charge in [-0.05, 0) is 13.8 Å². The van der Waals surface area contributed by atoms with Crippen LogP contribution in [-0.2, 0) is 17.8 Å². The number of morpholine rings is 1. The van der Waals surface area contributed by atoms with E-state index in [0.29, 0.717) is 19.2 Å². The maximum atomic E-state index is 12.3. The highest BCUT2D eigenvalue weighted by atomic mass is 16.5. The Morgan fingerprint density at radius 2 is 2.19 bits per heavy atom. The van der Waals surface area contributed by atoms with Crippen LogP contribution in [0.25, 0.3) is 0 Å². The Labute approximate surface area is 123 Å². The van der Waals surface area contributed by atoms with Gasteiger partial charge in [0.2, 0.25) is 0 Å². The molecule has 7 nitrogen and oxygen atoms in total. The van der Waals surface area contributed by atoms with E-state index in [1.165, 1.54) is 21.4 Å². The molecule has 0 saturated carbocycles. The Bertz CT molecular complexity index is 578. The van der Waals surface area contributed by atoms with Gasteiger partial charge in [-0.15, -0.1) is 0 Å². The van der Waals surface area contributed by atoms with Crippen molar-refractivity contribution in [3.63, 3.8) is 0 Å². The van der Waals surface area contributed by atoms with Gasteiger partial charge in [0.1, 0.15) is 0 Å². The monoisotopic (exact) mass is 296 g/mol. The fourth-order valence-corrected chi connectivity index (χ4v) is 2.57. The molecule has 0 amide bonds. The summed E-state index contributed by atoms with van der Waals surface area (Å²) in [6, 6.07) is 1.86. The van der Waals surface area contributed by atoms with Gasteiger partial charge in [-0.25, -0.2) is 4.79 Å². The molecule has 1 aliphatic heterocycles. The van der Waals surface area contributed by atoms with Gasteiger partial charge in [-0.2, -0.15) is 0 Å². The molecule has 2 N–H and O–H groups in total. The standard InChI is InChI=1S/C14H24N4O3/c1-11(2)16-7-8-21-12(9-16)10-17-5-3-13(19)18(6-4-15)14(17)20/h3,5,11-12H,4,6-10,15H2,1-2H3. The molecule has 1 fully saturated rings. The smallest absolute Gasteiger partial charge is 0.331 e. The van der Waals surface area contributed by atoms with Gasteiger partial charge in [0, 0.05) is 44.5 Å². The number of rotatable bonds is 5. The summed E-state index contributed by atoms with van der Waals surface area (Å²) in [5.74, 6) is 0. The van der Waals surface area contributed by atoms with Gasteiger partial charge < -0.3 is 10.5 Å². The maximum absolute atomic E-state index is 12.3.